The average Bonchev–Trinajstić information content (AvgIpc) is 2.77. The molecule has 0 aliphatic carbocycles. The third kappa shape index (κ3) is 6.82. The predicted molar refractivity (Wildman–Crippen MR) is 129 cm³/mol. The molecule has 1 aliphatic rings. The summed E-state index contributed by atoms with van der Waals surface area (Å²) < 4.78 is 5.33. The molecule has 0 aromatic heterocycles. The second-order valence-corrected chi connectivity index (χ2v) is 9.46. The van der Waals surface area contributed by atoms with Crippen molar-refractivity contribution in [1.29, 1.82) is 0 Å². The molecule has 2 amide bonds. The van der Waals surface area contributed by atoms with Crippen LogP contribution in [-0.2, 0) is 9.53 Å². The van der Waals surface area contributed by atoms with Crippen molar-refractivity contribution in [1.82, 2.24) is 10.2 Å². The smallest absolute Gasteiger partial charge is 0.407 e. The number of benzene rings is 2. The predicted octanol–water partition coefficient (Wildman–Crippen LogP) is 4.92. The standard InChI is InChI=1S/C26H35N3O3/c1-19(29-16-10-11-20(18-29)17-27-25(31)32-26(2,3)4)24(30)28-23-15-9-8-14-22(23)21-12-6-5-7-13-21/h5-9,12-15,19-20H,10-11,16-18H2,1-4H3,(H,27,31)(H,28,30). The number of hydrogen-bond donors (Lipinski definition) is 2. The normalized spacial score (nSPS) is 17.9. The number of anilines is 1. The number of hydrogen-bond acceptors (Lipinski definition) is 4. The van der Waals surface area contributed by atoms with Crippen LogP contribution in [0.2, 0.25) is 0 Å². The first-order valence-corrected chi connectivity index (χ1v) is 11.4. The molecule has 2 atom stereocenters. The molecule has 1 aliphatic heterocycles. The van der Waals surface area contributed by atoms with Crippen molar-refractivity contribution >= 4 is 17.7 Å². The lowest BCUT2D eigenvalue weighted by atomic mass is 9.96. The molecule has 0 radical (unpaired) electrons. The molecule has 2 aromatic rings. The molecular weight excluding hydrogens is 402 g/mol. The van der Waals surface area contributed by atoms with Crippen LogP contribution in [0.5, 0.6) is 0 Å². The molecule has 0 saturated carbocycles. The number of alkyl carbamates (subject to hydrolysis) is 1. The fraction of sp³-hybridized carbons (Fsp3) is 0.462. The van der Waals surface area contributed by atoms with E-state index in [-0.39, 0.29) is 11.9 Å². The molecule has 1 fully saturated rings. The summed E-state index contributed by atoms with van der Waals surface area (Å²) in [4.78, 5) is 27.2. The summed E-state index contributed by atoms with van der Waals surface area (Å²) in [6.07, 6.45) is 1.63. The van der Waals surface area contributed by atoms with Gasteiger partial charge in [-0.2, -0.15) is 0 Å². The Morgan fingerprint density at radius 1 is 1.09 bits per heavy atom. The maximum atomic E-state index is 13.1. The van der Waals surface area contributed by atoms with Gasteiger partial charge in [-0.05, 0) is 64.6 Å². The van der Waals surface area contributed by atoms with Gasteiger partial charge >= 0.3 is 6.09 Å². The molecular formula is C26H35N3O3. The molecule has 1 saturated heterocycles. The molecule has 172 valence electrons. The highest BCUT2D eigenvalue weighted by molar-refractivity contribution is 5.98. The molecule has 2 aromatic carbocycles. The Labute approximate surface area is 191 Å². The van der Waals surface area contributed by atoms with Crippen molar-refractivity contribution in [3.63, 3.8) is 0 Å². The molecule has 0 bridgehead atoms. The highest BCUT2D eigenvalue weighted by Crippen LogP contribution is 2.28. The highest BCUT2D eigenvalue weighted by atomic mass is 16.6. The summed E-state index contributed by atoms with van der Waals surface area (Å²) in [5.41, 5.74) is 2.38. The quantitative estimate of drug-likeness (QED) is 0.673. The minimum atomic E-state index is -0.509. The Morgan fingerprint density at radius 3 is 2.50 bits per heavy atom. The summed E-state index contributed by atoms with van der Waals surface area (Å²) in [5.74, 6) is 0.275. The molecule has 0 spiro atoms. The first-order chi connectivity index (χ1) is 15.2. The Bertz CT molecular complexity index is 908. The van der Waals surface area contributed by atoms with Crippen molar-refractivity contribution in [3.8, 4) is 11.1 Å². The first-order valence-electron chi connectivity index (χ1n) is 11.4. The molecule has 32 heavy (non-hydrogen) atoms. The van der Waals surface area contributed by atoms with E-state index in [9.17, 15) is 9.59 Å². The van der Waals surface area contributed by atoms with E-state index in [4.69, 9.17) is 4.74 Å². The Balaban J connectivity index is 1.58. The van der Waals surface area contributed by atoms with Gasteiger partial charge in [-0.1, -0.05) is 48.5 Å². The lowest BCUT2D eigenvalue weighted by Gasteiger charge is -2.36. The maximum Gasteiger partial charge on any atom is 0.407 e. The van der Waals surface area contributed by atoms with E-state index in [1.54, 1.807) is 0 Å². The van der Waals surface area contributed by atoms with Crippen LogP contribution in [0.4, 0.5) is 10.5 Å². The zero-order chi connectivity index (χ0) is 23.1. The van der Waals surface area contributed by atoms with Crippen LogP contribution in [0.3, 0.4) is 0 Å². The molecule has 2 N–H and O–H groups in total. The number of piperidine rings is 1. The number of amides is 2. The molecule has 3 rings (SSSR count). The third-order valence-corrected chi connectivity index (χ3v) is 5.68. The fourth-order valence-electron chi connectivity index (χ4n) is 4.02. The summed E-state index contributed by atoms with van der Waals surface area (Å²) in [5, 5.41) is 6.00. The number of nitrogens with one attached hydrogen (secondary N) is 2. The van der Waals surface area contributed by atoms with Crippen molar-refractivity contribution in [2.24, 2.45) is 5.92 Å². The van der Waals surface area contributed by atoms with Gasteiger partial charge in [-0.3, -0.25) is 9.69 Å². The van der Waals surface area contributed by atoms with Gasteiger partial charge in [0.1, 0.15) is 5.60 Å². The van der Waals surface area contributed by atoms with Crippen LogP contribution in [0.1, 0.15) is 40.5 Å². The van der Waals surface area contributed by atoms with Gasteiger partial charge in [-0.25, -0.2) is 4.79 Å². The minimum Gasteiger partial charge on any atom is -0.444 e. The van der Waals surface area contributed by atoms with Crippen LogP contribution in [0.25, 0.3) is 11.1 Å². The number of ether oxygens (including phenoxy) is 1. The van der Waals surface area contributed by atoms with Gasteiger partial charge in [0.25, 0.3) is 0 Å². The van der Waals surface area contributed by atoms with Crippen molar-refractivity contribution in [2.45, 2.75) is 52.2 Å². The lowest BCUT2D eigenvalue weighted by molar-refractivity contribution is -0.121. The van der Waals surface area contributed by atoms with E-state index in [0.717, 1.165) is 42.7 Å². The summed E-state index contributed by atoms with van der Waals surface area (Å²) in [6.45, 7) is 9.70. The fourth-order valence-corrected chi connectivity index (χ4v) is 4.02. The van der Waals surface area contributed by atoms with Gasteiger partial charge in [0.15, 0.2) is 0 Å². The van der Waals surface area contributed by atoms with Crippen molar-refractivity contribution in [2.75, 3.05) is 25.0 Å². The topological polar surface area (TPSA) is 70.7 Å². The Morgan fingerprint density at radius 2 is 1.78 bits per heavy atom. The van der Waals surface area contributed by atoms with Gasteiger partial charge in [0.05, 0.1) is 6.04 Å². The Kier molecular flexibility index (Phi) is 7.91. The van der Waals surface area contributed by atoms with E-state index in [0.29, 0.717) is 12.5 Å². The zero-order valence-corrected chi connectivity index (χ0v) is 19.6. The molecule has 1 heterocycles. The van der Waals surface area contributed by atoms with E-state index in [1.165, 1.54) is 0 Å². The number of rotatable bonds is 6. The van der Waals surface area contributed by atoms with Crippen LogP contribution in [0.15, 0.2) is 54.6 Å². The van der Waals surface area contributed by atoms with Gasteiger partial charge in [0.2, 0.25) is 5.91 Å². The van der Waals surface area contributed by atoms with E-state index >= 15 is 0 Å². The van der Waals surface area contributed by atoms with Crippen LogP contribution in [-0.4, -0.2) is 48.2 Å². The van der Waals surface area contributed by atoms with Gasteiger partial charge < -0.3 is 15.4 Å². The van der Waals surface area contributed by atoms with Gasteiger partial charge in [-0.15, -0.1) is 0 Å². The van der Waals surface area contributed by atoms with E-state index < -0.39 is 11.7 Å². The van der Waals surface area contributed by atoms with Crippen LogP contribution < -0.4 is 10.6 Å². The third-order valence-electron chi connectivity index (χ3n) is 5.68. The molecule has 6 nitrogen and oxygen atoms in total. The summed E-state index contributed by atoms with van der Waals surface area (Å²) in [7, 11) is 0. The summed E-state index contributed by atoms with van der Waals surface area (Å²) >= 11 is 0. The number of carbonyl (C=O) groups is 2. The number of likely N-dealkylation sites (tertiary alicyclic amines) is 1. The summed E-state index contributed by atoms with van der Waals surface area (Å²) in [6, 6.07) is 17.7. The number of carbonyl (C=O) groups excluding carboxylic acids is 2. The first kappa shape index (κ1) is 23.8. The monoisotopic (exact) mass is 437 g/mol. The SMILES string of the molecule is CC(C(=O)Nc1ccccc1-c1ccccc1)N1CCCC(CNC(=O)OC(C)(C)C)C1. The molecule has 6 heteroatoms. The van der Waals surface area contributed by atoms with Gasteiger partial charge in [0, 0.05) is 24.3 Å². The maximum absolute atomic E-state index is 13.1. The van der Waals surface area contributed by atoms with Crippen LogP contribution in [0, 0.1) is 5.92 Å². The van der Waals surface area contributed by atoms with Crippen LogP contribution >= 0.6 is 0 Å². The second-order valence-electron chi connectivity index (χ2n) is 9.46. The number of para-hydroxylation sites is 1. The van der Waals surface area contributed by atoms with Crippen molar-refractivity contribution < 1.29 is 14.3 Å². The minimum absolute atomic E-state index is 0.0193. The van der Waals surface area contributed by atoms with E-state index in [2.05, 4.69) is 15.5 Å². The average molecular weight is 438 g/mol. The van der Waals surface area contributed by atoms with E-state index in [1.807, 2.05) is 82.3 Å². The lowest BCUT2D eigenvalue weighted by Crippen LogP contribution is -2.49. The zero-order valence-electron chi connectivity index (χ0n) is 19.6. The largest absolute Gasteiger partial charge is 0.444 e. The van der Waals surface area contributed by atoms with Crippen molar-refractivity contribution in [3.05, 3.63) is 54.6 Å². The Hall–Kier alpha value is -2.86. The highest BCUT2D eigenvalue weighted by Gasteiger charge is 2.28. The number of nitrogens with zero attached hydrogens (tertiary/aromatic N) is 1. The molecule has 2 unspecified atom stereocenters. The second kappa shape index (κ2) is 10.6.